The van der Waals surface area contributed by atoms with Gasteiger partial charge >= 0.3 is 5.97 Å². The quantitative estimate of drug-likeness (QED) is 0.392. The maximum Gasteiger partial charge on any atom is 0.311 e. The van der Waals surface area contributed by atoms with Gasteiger partial charge in [0.15, 0.2) is 6.61 Å². The van der Waals surface area contributed by atoms with Gasteiger partial charge in [-0.05, 0) is 25.5 Å². The number of likely N-dealkylation sites (tertiary alicyclic amines) is 1. The van der Waals surface area contributed by atoms with Crippen molar-refractivity contribution < 1.29 is 19.1 Å². The number of ether oxygens (including phenoxy) is 1. The molecule has 1 fully saturated rings. The number of Topliss-reactive ketones (excluding diaryl/α,β-unsaturated/α-hetero) is 1. The van der Waals surface area contributed by atoms with E-state index in [4.69, 9.17) is 4.74 Å². The van der Waals surface area contributed by atoms with E-state index in [1.54, 1.807) is 17.0 Å². The summed E-state index contributed by atoms with van der Waals surface area (Å²) < 4.78 is 7.24. The van der Waals surface area contributed by atoms with Crippen LogP contribution in [0.2, 0.25) is 0 Å². The lowest BCUT2D eigenvalue weighted by atomic mass is 10.1. The summed E-state index contributed by atoms with van der Waals surface area (Å²) in [5.41, 5.74) is 3.34. The molecule has 1 atom stereocenters. The molecule has 0 aliphatic carbocycles. The number of ketones is 1. The molecule has 6 heteroatoms. The van der Waals surface area contributed by atoms with E-state index in [1.807, 2.05) is 48.7 Å². The highest BCUT2D eigenvalue weighted by molar-refractivity contribution is 5.99. The van der Waals surface area contributed by atoms with Crippen molar-refractivity contribution in [2.45, 2.75) is 33.4 Å². The molecule has 1 aliphatic heterocycles. The third kappa shape index (κ3) is 4.65. The molecule has 2 aromatic rings. The van der Waals surface area contributed by atoms with Gasteiger partial charge in [-0.2, -0.15) is 0 Å². The SMILES string of the molecule is C=CCn1c(C)cc(C(=O)COC(=O)[C@H]2CC(=O)N(Cc3ccccc3)C2)c1C. The predicted molar refractivity (Wildman–Crippen MR) is 109 cm³/mol. The Morgan fingerprint density at radius 2 is 1.97 bits per heavy atom. The maximum absolute atomic E-state index is 12.5. The number of allylic oxidation sites excluding steroid dienone is 1. The van der Waals surface area contributed by atoms with Crippen LogP contribution >= 0.6 is 0 Å². The second-order valence-electron chi connectivity index (χ2n) is 7.38. The van der Waals surface area contributed by atoms with Gasteiger partial charge in [0.25, 0.3) is 0 Å². The molecule has 0 bridgehead atoms. The van der Waals surface area contributed by atoms with Crippen molar-refractivity contribution in [2.75, 3.05) is 13.2 Å². The first-order valence-electron chi connectivity index (χ1n) is 9.70. The van der Waals surface area contributed by atoms with Crippen molar-refractivity contribution in [1.29, 1.82) is 0 Å². The van der Waals surface area contributed by atoms with Crippen LogP contribution in [0.1, 0.15) is 33.7 Å². The van der Waals surface area contributed by atoms with E-state index < -0.39 is 11.9 Å². The average molecular weight is 394 g/mol. The molecule has 1 aromatic carbocycles. The van der Waals surface area contributed by atoms with E-state index in [2.05, 4.69) is 6.58 Å². The van der Waals surface area contributed by atoms with Gasteiger partial charge in [0.2, 0.25) is 11.7 Å². The van der Waals surface area contributed by atoms with Gasteiger partial charge in [0.05, 0.1) is 5.92 Å². The molecule has 152 valence electrons. The Morgan fingerprint density at radius 1 is 1.24 bits per heavy atom. The number of rotatable bonds is 8. The van der Waals surface area contributed by atoms with Gasteiger partial charge < -0.3 is 14.2 Å². The van der Waals surface area contributed by atoms with Crippen LogP contribution in [0.5, 0.6) is 0 Å². The smallest absolute Gasteiger partial charge is 0.311 e. The van der Waals surface area contributed by atoms with Crippen LogP contribution in [-0.4, -0.2) is 40.3 Å². The third-order valence-corrected chi connectivity index (χ3v) is 5.30. The maximum atomic E-state index is 12.5. The Hall–Kier alpha value is -3.15. The van der Waals surface area contributed by atoms with Crippen LogP contribution in [0, 0.1) is 19.8 Å². The summed E-state index contributed by atoms with van der Waals surface area (Å²) in [4.78, 5) is 38.8. The standard InChI is InChI=1S/C23H26N2O4/c1-4-10-25-16(2)11-20(17(25)3)21(26)15-29-23(28)19-12-22(27)24(14-19)13-18-8-6-5-7-9-18/h4-9,11,19H,1,10,12-15H2,2-3H3/t19-/m0/s1. The van der Waals surface area contributed by atoms with Crippen LogP contribution < -0.4 is 0 Å². The van der Waals surface area contributed by atoms with Crippen LogP contribution in [0.25, 0.3) is 0 Å². The van der Waals surface area contributed by atoms with E-state index in [-0.39, 0.29) is 24.7 Å². The molecular weight excluding hydrogens is 368 g/mol. The van der Waals surface area contributed by atoms with Gasteiger partial charge in [0.1, 0.15) is 0 Å². The lowest BCUT2D eigenvalue weighted by Gasteiger charge is -2.16. The summed E-state index contributed by atoms with van der Waals surface area (Å²) in [5.74, 6) is -1.35. The van der Waals surface area contributed by atoms with Crippen molar-refractivity contribution in [3.63, 3.8) is 0 Å². The largest absolute Gasteiger partial charge is 0.457 e. The highest BCUT2D eigenvalue weighted by Crippen LogP contribution is 2.22. The molecule has 6 nitrogen and oxygen atoms in total. The molecule has 0 spiro atoms. The lowest BCUT2D eigenvalue weighted by molar-refractivity contribution is -0.147. The normalized spacial score (nSPS) is 16.1. The fourth-order valence-corrected chi connectivity index (χ4v) is 3.71. The Morgan fingerprint density at radius 3 is 2.66 bits per heavy atom. The molecule has 0 saturated carbocycles. The summed E-state index contributed by atoms with van der Waals surface area (Å²) in [6.07, 6.45) is 1.89. The van der Waals surface area contributed by atoms with E-state index in [0.717, 1.165) is 17.0 Å². The Balaban J connectivity index is 1.56. The summed E-state index contributed by atoms with van der Waals surface area (Å²) >= 11 is 0. The molecule has 1 aliphatic rings. The van der Waals surface area contributed by atoms with Gasteiger partial charge in [-0.25, -0.2) is 0 Å². The Kier molecular flexibility index (Phi) is 6.32. The Bertz CT molecular complexity index is 930. The first kappa shape index (κ1) is 20.6. The number of esters is 1. The summed E-state index contributed by atoms with van der Waals surface area (Å²) in [5, 5.41) is 0. The van der Waals surface area contributed by atoms with E-state index in [1.165, 1.54) is 0 Å². The fourth-order valence-electron chi connectivity index (χ4n) is 3.71. The molecule has 3 rings (SSSR count). The minimum absolute atomic E-state index is 0.0740. The molecule has 1 amide bonds. The highest BCUT2D eigenvalue weighted by Gasteiger charge is 2.35. The molecule has 0 unspecified atom stereocenters. The number of benzene rings is 1. The predicted octanol–water partition coefficient (Wildman–Crippen LogP) is 3.07. The van der Waals surface area contributed by atoms with Crippen molar-refractivity contribution >= 4 is 17.7 Å². The monoisotopic (exact) mass is 394 g/mol. The summed E-state index contributed by atoms with van der Waals surface area (Å²) in [6.45, 7) is 8.60. The lowest BCUT2D eigenvalue weighted by Crippen LogP contribution is -2.27. The average Bonchev–Trinajstić information content (AvgIpc) is 3.21. The number of hydrogen-bond donors (Lipinski definition) is 0. The van der Waals surface area contributed by atoms with Crippen molar-refractivity contribution in [3.05, 3.63) is 71.6 Å². The van der Waals surface area contributed by atoms with E-state index in [9.17, 15) is 14.4 Å². The second kappa shape index (κ2) is 8.90. The highest BCUT2D eigenvalue weighted by atomic mass is 16.5. The molecule has 0 radical (unpaired) electrons. The van der Waals surface area contributed by atoms with Crippen LogP contribution in [-0.2, 0) is 27.4 Å². The van der Waals surface area contributed by atoms with Crippen LogP contribution in [0.15, 0.2) is 49.1 Å². The van der Waals surface area contributed by atoms with Gasteiger partial charge in [-0.1, -0.05) is 36.4 Å². The Labute approximate surface area is 170 Å². The molecule has 1 aromatic heterocycles. The molecule has 0 N–H and O–H groups in total. The zero-order valence-electron chi connectivity index (χ0n) is 16.9. The number of carbonyl (C=O) groups is 3. The van der Waals surface area contributed by atoms with Crippen molar-refractivity contribution in [3.8, 4) is 0 Å². The molecule has 29 heavy (non-hydrogen) atoms. The molecule has 1 saturated heterocycles. The molecular formula is C23H26N2O4. The van der Waals surface area contributed by atoms with Crippen molar-refractivity contribution in [1.82, 2.24) is 9.47 Å². The van der Waals surface area contributed by atoms with E-state index in [0.29, 0.717) is 25.2 Å². The topological polar surface area (TPSA) is 68.6 Å². The number of hydrogen-bond acceptors (Lipinski definition) is 4. The van der Waals surface area contributed by atoms with Gasteiger partial charge in [0, 0.05) is 43.0 Å². The number of nitrogens with zero attached hydrogens (tertiary/aromatic N) is 2. The summed E-state index contributed by atoms with van der Waals surface area (Å²) in [7, 11) is 0. The molecule has 2 heterocycles. The van der Waals surface area contributed by atoms with Gasteiger partial charge in [-0.3, -0.25) is 14.4 Å². The zero-order valence-corrected chi connectivity index (χ0v) is 16.9. The first-order valence-corrected chi connectivity index (χ1v) is 9.70. The number of aryl methyl sites for hydroxylation is 1. The minimum atomic E-state index is -0.535. The van der Waals surface area contributed by atoms with E-state index >= 15 is 0 Å². The number of carbonyl (C=O) groups excluding carboxylic acids is 3. The second-order valence-corrected chi connectivity index (χ2v) is 7.38. The van der Waals surface area contributed by atoms with Gasteiger partial charge in [-0.15, -0.1) is 6.58 Å². The number of aromatic nitrogens is 1. The van der Waals surface area contributed by atoms with Crippen LogP contribution in [0.4, 0.5) is 0 Å². The zero-order chi connectivity index (χ0) is 21.0. The minimum Gasteiger partial charge on any atom is -0.457 e. The number of amides is 1. The first-order chi connectivity index (χ1) is 13.9. The summed E-state index contributed by atoms with van der Waals surface area (Å²) in [6, 6.07) is 11.4. The fraction of sp³-hybridized carbons (Fsp3) is 0.348. The third-order valence-electron chi connectivity index (χ3n) is 5.30. The van der Waals surface area contributed by atoms with Crippen molar-refractivity contribution in [2.24, 2.45) is 5.92 Å². The van der Waals surface area contributed by atoms with Crippen LogP contribution in [0.3, 0.4) is 0 Å².